The van der Waals surface area contributed by atoms with Crippen LogP contribution in [0.4, 0.5) is 0 Å². The molecule has 0 unspecified atom stereocenters. The van der Waals surface area contributed by atoms with Gasteiger partial charge < -0.3 is 14.7 Å². The van der Waals surface area contributed by atoms with Gasteiger partial charge in [-0.15, -0.1) is 0 Å². The summed E-state index contributed by atoms with van der Waals surface area (Å²) in [7, 11) is 0. The largest absolute Gasteiger partial charge is 0.511 e. The van der Waals surface area contributed by atoms with Crippen molar-refractivity contribution in [2.75, 3.05) is 18.1 Å². The van der Waals surface area contributed by atoms with Crippen molar-refractivity contribution in [2.24, 2.45) is 17.0 Å². The summed E-state index contributed by atoms with van der Waals surface area (Å²) in [6.45, 7) is 4.15. The smallest absolute Gasteiger partial charge is 0.168 e. The van der Waals surface area contributed by atoms with Crippen molar-refractivity contribution in [3.05, 3.63) is 40.6 Å². The highest BCUT2D eigenvalue weighted by molar-refractivity contribution is 7.99. The van der Waals surface area contributed by atoms with Gasteiger partial charge in [0.1, 0.15) is 17.6 Å². The number of rotatable bonds is 9. The van der Waals surface area contributed by atoms with Crippen LogP contribution in [-0.4, -0.2) is 40.8 Å². The number of ether oxygens (including phenoxy) is 1. The lowest BCUT2D eigenvalue weighted by atomic mass is 9.76. The molecule has 0 spiro atoms. The number of thioether (sulfide) groups is 1. The molecule has 1 N–H and O–H groups in total. The Bertz CT molecular complexity index is 802. The van der Waals surface area contributed by atoms with Gasteiger partial charge in [-0.25, -0.2) is 0 Å². The van der Waals surface area contributed by atoms with Crippen LogP contribution in [0.3, 0.4) is 0 Å². The quantitative estimate of drug-likeness (QED) is 0.346. The number of Topliss-reactive ketones (excluding diaryl/α,β-unsaturated/α-hetero) is 1. The van der Waals surface area contributed by atoms with E-state index in [9.17, 15) is 9.90 Å². The summed E-state index contributed by atoms with van der Waals surface area (Å²) in [5.74, 6) is 3.91. The maximum atomic E-state index is 12.9. The third-order valence-corrected chi connectivity index (χ3v) is 7.24. The normalized spacial score (nSPS) is 23.6. The SMILES string of the molecule is CCC/C(=N/OC[C@H](C)Oc1ccc(Cl)cc1)C1=C(O)C[C@H]([C@@H]2CCCSC2)CC1=O. The fourth-order valence-electron chi connectivity index (χ4n) is 4.17. The van der Waals surface area contributed by atoms with Gasteiger partial charge in [0.25, 0.3) is 0 Å². The van der Waals surface area contributed by atoms with E-state index in [1.807, 2.05) is 25.6 Å². The van der Waals surface area contributed by atoms with Crippen LogP contribution in [0.15, 0.2) is 40.8 Å². The van der Waals surface area contributed by atoms with Crippen molar-refractivity contribution in [3.8, 4) is 5.75 Å². The van der Waals surface area contributed by atoms with Crippen molar-refractivity contribution in [1.82, 2.24) is 0 Å². The van der Waals surface area contributed by atoms with Crippen molar-refractivity contribution in [2.45, 2.75) is 58.5 Å². The first-order chi connectivity index (χ1) is 15.0. The Labute approximate surface area is 194 Å². The lowest BCUT2D eigenvalue weighted by Crippen LogP contribution is -2.31. The number of hydrogen-bond donors (Lipinski definition) is 1. The zero-order chi connectivity index (χ0) is 22.2. The molecule has 3 atom stereocenters. The van der Waals surface area contributed by atoms with Crippen LogP contribution in [0.5, 0.6) is 5.75 Å². The summed E-state index contributed by atoms with van der Waals surface area (Å²) in [6.07, 6.45) is 4.56. The molecule has 2 aliphatic rings. The Kier molecular flexibility index (Phi) is 9.15. The molecular weight excluding hydrogens is 434 g/mol. The summed E-state index contributed by atoms with van der Waals surface area (Å²) in [5, 5.41) is 15.6. The number of allylic oxidation sites excluding steroid dienone is 2. The lowest BCUT2D eigenvalue weighted by molar-refractivity contribution is -0.117. The molecule has 1 aromatic carbocycles. The maximum absolute atomic E-state index is 12.9. The molecule has 31 heavy (non-hydrogen) atoms. The number of hydrogen-bond acceptors (Lipinski definition) is 6. The first kappa shape index (κ1) is 24.0. The molecule has 3 rings (SSSR count). The molecule has 1 aliphatic heterocycles. The van der Waals surface area contributed by atoms with Crippen LogP contribution in [-0.2, 0) is 9.63 Å². The minimum Gasteiger partial charge on any atom is -0.511 e. The molecule has 0 amide bonds. The Hall–Kier alpha value is -1.66. The van der Waals surface area contributed by atoms with E-state index in [0.29, 0.717) is 47.2 Å². The molecular formula is C24H32ClNO4S. The summed E-state index contributed by atoms with van der Waals surface area (Å²) in [6, 6.07) is 7.14. The van der Waals surface area contributed by atoms with Crippen LogP contribution < -0.4 is 4.74 Å². The number of nitrogens with zero attached hydrogens (tertiary/aromatic N) is 1. The van der Waals surface area contributed by atoms with Crippen molar-refractivity contribution in [1.29, 1.82) is 0 Å². The number of ketones is 1. The number of carbonyl (C=O) groups excluding carboxylic acids is 1. The fraction of sp³-hybridized carbons (Fsp3) is 0.583. The van der Waals surface area contributed by atoms with Gasteiger partial charge >= 0.3 is 0 Å². The molecule has 0 radical (unpaired) electrons. The predicted octanol–water partition coefficient (Wildman–Crippen LogP) is 6.21. The van der Waals surface area contributed by atoms with Crippen molar-refractivity contribution >= 4 is 34.9 Å². The molecule has 0 saturated carbocycles. The molecule has 5 nitrogen and oxygen atoms in total. The van der Waals surface area contributed by atoms with Gasteiger partial charge in [-0.3, -0.25) is 4.79 Å². The lowest BCUT2D eigenvalue weighted by Gasteiger charge is -2.32. The second-order valence-corrected chi connectivity index (χ2v) is 9.94. The monoisotopic (exact) mass is 465 g/mol. The van der Waals surface area contributed by atoms with E-state index in [0.717, 1.165) is 18.6 Å². The maximum Gasteiger partial charge on any atom is 0.168 e. The van der Waals surface area contributed by atoms with E-state index in [2.05, 4.69) is 5.16 Å². The molecule has 170 valence electrons. The van der Waals surface area contributed by atoms with Gasteiger partial charge in [-0.2, -0.15) is 11.8 Å². The minimum absolute atomic E-state index is 0.00872. The summed E-state index contributed by atoms with van der Waals surface area (Å²) >= 11 is 7.85. The molecule has 1 fully saturated rings. The first-order valence-electron chi connectivity index (χ1n) is 11.1. The van der Waals surface area contributed by atoms with Gasteiger partial charge in [-0.05, 0) is 73.8 Å². The van der Waals surface area contributed by atoms with Gasteiger partial charge in [0, 0.05) is 17.9 Å². The second-order valence-electron chi connectivity index (χ2n) is 8.36. The third-order valence-electron chi connectivity index (χ3n) is 5.74. The average molecular weight is 466 g/mol. The number of oxime groups is 1. The number of aliphatic hydroxyl groups excluding tert-OH is 1. The molecule has 1 heterocycles. The molecule has 0 bridgehead atoms. The highest BCUT2D eigenvalue weighted by atomic mass is 35.5. The van der Waals surface area contributed by atoms with Crippen LogP contribution in [0.1, 0.15) is 52.4 Å². The zero-order valence-corrected chi connectivity index (χ0v) is 19.9. The Morgan fingerprint density at radius 3 is 2.71 bits per heavy atom. The van der Waals surface area contributed by atoms with Crippen molar-refractivity contribution < 1.29 is 19.5 Å². The third kappa shape index (κ3) is 6.91. The van der Waals surface area contributed by atoms with Crippen LogP contribution in [0.2, 0.25) is 5.02 Å². The molecule has 7 heteroatoms. The van der Waals surface area contributed by atoms with Gasteiger partial charge in [-0.1, -0.05) is 30.1 Å². The number of aliphatic hydroxyl groups is 1. The van der Waals surface area contributed by atoms with Gasteiger partial charge in [0.05, 0.1) is 11.3 Å². The minimum atomic E-state index is -0.231. The molecule has 1 saturated heterocycles. The standard InChI is InChI=1S/C24H32ClNO4S/c1-3-5-21(26-29-14-16(2)30-20-9-7-19(25)8-10-20)24-22(27)12-18(13-23(24)28)17-6-4-11-31-15-17/h7-10,16-18,27H,3-6,11-15H2,1-2H3/b26-21-/t16-,17+,18-/m0/s1. The van der Waals surface area contributed by atoms with E-state index >= 15 is 0 Å². The molecule has 0 aromatic heterocycles. The van der Waals surface area contributed by atoms with Gasteiger partial charge in [0.15, 0.2) is 12.4 Å². The fourth-order valence-corrected chi connectivity index (χ4v) is 5.58. The van der Waals surface area contributed by atoms with E-state index < -0.39 is 0 Å². The zero-order valence-electron chi connectivity index (χ0n) is 18.3. The van der Waals surface area contributed by atoms with Gasteiger partial charge in [0.2, 0.25) is 0 Å². The number of carbonyl (C=O) groups is 1. The van der Waals surface area contributed by atoms with Crippen LogP contribution in [0, 0.1) is 11.8 Å². The topological polar surface area (TPSA) is 68.1 Å². The van der Waals surface area contributed by atoms with Crippen LogP contribution in [0.25, 0.3) is 0 Å². The molecule has 1 aliphatic carbocycles. The Balaban J connectivity index is 1.62. The van der Waals surface area contributed by atoms with Crippen LogP contribution >= 0.6 is 23.4 Å². The summed E-state index contributed by atoms with van der Waals surface area (Å²) in [4.78, 5) is 18.5. The summed E-state index contributed by atoms with van der Waals surface area (Å²) in [5.41, 5.74) is 0.910. The molecule has 1 aromatic rings. The van der Waals surface area contributed by atoms with E-state index in [-0.39, 0.29) is 30.2 Å². The predicted molar refractivity (Wildman–Crippen MR) is 127 cm³/mol. The van der Waals surface area contributed by atoms with E-state index in [1.165, 1.54) is 12.2 Å². The highest BCUT2D eigenvalue weighted by Gasteiger charge is 2.35. The Morgan fingerprint density at radius 2 is 2.06 bits per heavy atom. The van der Waals surface area contributed by atoms with E-state index in [4.69, 9.17) is 21.2 Å². The number of benzene rings is 1. The highest BCUT2D eigenvalue weighted by Crippen LogP contribution is 2.38. The summed E-state index contributed by atoms with van der Waals surface area (Å²) < 4.78 is 5.80. The van der Waals surface area contributed by atoms with E-state index in [1.54, 1.807) is 24.3 Å². The van der Waals surface area contributed by atoms with Crippen molar-refractivity contribution in [3.63, 3.8) is 0 Å². The Morgan fingerprint density at radius 1 is 1.29 bits per heavy atom. The average Bonchev–Trinajstić information content (AvgIpc) is 2.75. The first-order valence-corrected chi connectivity index (χ1v) is 12.7. The number of halogens is 1. The second kappa shape index (κ2) is 11.8.